The van der Waals surface area contributed by atoms with Crippen LogP contribution >= 0.6 is 0 Å². The van der Waals surface area contributed by atoms with Crippen LogP contribution in [0.4, 0.5) is 8.78 Å². The average Bonchev–Trinajstić information content (AvgIpc) is 2.62. The van der Waals surface area contributed by atoms with E-state index in [-0.39, 0.29) is 5.41 Å². The lowest BCUT2D eigenvalue weighted by atomic mass is 9.84. The van der Waals surface area contributed by atoms with E-state index in [0.29, 0.717) is 6.42 Å². The zero-order valence-electron chi connectivity index (χ0n) is 7.15. The summed E-state index contributed by atoms with van der Waals surface area (Å²) in [5.74, 6) is 0. The lowest BCUT2D eigenvalue weighted by molar-refractivity contribution is 0.102. The first-order valence-corrected chi connectivity index (χ1v) is 4.73. The van der Waals surface area contributed by atoms with E-state index < -0.39 is 12.5 Å². The molecule has 2 aliphatic rings. The molecule has 1 atom stereocenters. The zero-order valence-corrected chi connectivity index (χ0v) is 7.15. The van der Waals surface area contributed by atoms with Gasteiger partial charge in [0, 0.05) is 6.54 Å². The van der Waals surface area contributed by atoms with Crippen LogP contribution in [0.5, 0.6) is 0 Å². The predicted molar refractivity (Wildman–Crippen MR) is 43.3 cm³/mol. The van der Waals surface area contributed by atoms with Crippen molar-refractivity contribution in [3.63, 3.8) is 0 Å². The number of rotatable bonds is 1. The van der Waals surface area contributed by atoms with Gasteiger partial charge in [-0.3, -0.25) is 0 Å². The fourth-order valence-corrected chi connectivity index (χ4v) is 2.64. The van der Waals surface area contributed by atoms with Gasteiger partial charge in [0.1, 0.15) is 0 Å². The molecule has 1 heterocycles. The van der Waals surface area contributed by atoms with Crippen molar-refractivity contribution in [1.82, 2.24) is 5.32 Å². The van der Waals surface area contributed by atoms with Gasteiger partial charge in [-0.15, -0.1) is 0 Å². The van der Waals surface area contributed by atoms with Crippen molar-refractivity contribution < 1.29 is 8.78 Å². The van der Waals surface area contributed by atoms with Crippen LogP contribution in [0.1, 0.15) is 32.1 Å². The third-order valence-corrected chi connectivity index (χ3v) is 3.36. The van der Waals surface area contributed by atoms with E-state index in [1.54, 1.807) is 0 Å². The minimum Gasteiger partial charge on any atom is -0.308 e. The Bertz CT molecular complexity index is 164. The van der Waals surface area contributed by atoms with E-state index >= 15 is 0 Å². The maximum atomic E-state index is 12.3. The Balaban J connectivity index is 1.96. The van der Waals surface area contributed by atoms with Crippen molar-refractivity contribution in [2.24, 2.45) is 5.41 Å². The van der Waals surface area contributed by atoms with E-state index in [0.717, 1.165) is 19.4 Å². The number of nitrogens with one attached hydrogen (secondary N) is 1. The van der Waals surface area contributed by atoms with Crippen LogP contribution in [0.3, 0.4) is 0 Å². The number of halogens is 2. The normalized spacial score (nSPS) is 33.8. The smallest absolute Gasteiger partial charge is 0.253 e. The summed E-state index contributed by atoms with van der Waals surface area (Å²) in [4.78, 5) is 0. The number of alkyl halides is 2. The van der Waals surface area contributed by atoms with Crippen LogP contribution in [0.25, 0.3) is 0 Å². The topological polar surface area (TPSA) is 12.0 Å². The second kappa shape index (κ2) is 2.95. The van der Waals surface area contributed by atoms with Crippen molar-refractivity contribution in [2.75, 3.05) is 6.54 Å². The molecular weight excluding hydrogens is 160 g/mol. The molecule has 2 fully saturated rings. The molecule has 1 aliphatic heterocycles. The molecule has 1 unspecified atom stereocenters. The highest BCUT2D eigenvalue weighted by molar-refractivity contribution is 4.97. The van der Waals surface area contributed by atoms with Gasteiger partial charge in [0.05, 0.1) is 6.04 Å². The highest BCUT2D eigenvalue weighted by Gasteiger charge is 2.43. The van der Waals surface area contributed by atoms with Crippen molar-refractivity contribution in [3.05, 3.63) is 0 Å². The average molecular weight is 175 g/mol. The van der Waals surface area contributed by atoms with Crippen molar-refractivity contribution in [1.29, 1.82) is 0 Å². The molecule has 1 nitrogen and oxygen atoms in total. The van der Waals surface area contributed by atoms with Gasteiger partial charge < -0.3 is 5.32 Å². The molecule has 70 valence electrons. The first-order valence-electron chi connectivity index (χ1n) is 4.73. The number of hydrogen-bond acceptors (Lipinski definition) is 1. The second-order valence-electron chi connectivity index (χ2n) is 4.23. The third kappa shape index (κ3) is 1.35. The Morgan fingerprint density at radius 3 is 2.42 bits per heavy atom. The molecule has 1 spiro atoms. The van der Waals surface area contributed by atoms with Gasteiger partial charge in [-0.1, -0.05) is 12.8 Å². The summed E-state index contributed by atoms with van der Waals surface area (Å²) >= 11 is 0. The van der Waals surface area contributed by atoms with Gasteiger partial charge in [0.2, 0.25) is 0 Å². The van der Waals surface area contributed by atoms with Crippen LogP contribution in [-0.4, -0.2) is 19.0 Å². The monoisotopic (exact) mass is 175 g/mol. The summed E-state index contributed by atoms with van der Waals surface area (Å²) in [7, 11) is 0. The van der Waals surface area contributed by atoms with Crippen molar-refractivity contribution in [2.45, 2.75) is 44.6 Å². The van der Waals surface area contributed by atoms with Crippen molar-refractivity contribution >= 4 is 0 Å². The Morgan fingerprint density at radius 1 is 1.25 bits per heavy atom. The van der Waals surface area contributed by atoms with Crippen LogP contribution in [0, 0.1) is 5.41 Å². The van der Waals surface area contributed by atoms with Gasteiger partial charge in [0.15, 0.2) is 0 Å². The second-order valence-corrected chi connectivity index (χ2v) is 4.23. The highest BCUT2D eigenvalue weighted by Crippen LogP contribution is 2.45. The summed E-state index contributed by atoms with van der Waals surface area (Å²) in [6, 6.07) is -0.525. The molecule has 0 aromatic rings. The zero-order chi connectivity index (χ0) is 8.60. The van der Waals surface area contributed by atoms with E-state index in [1.807, 2.05) is 0 Å². The lowest BCUT2D eigenvalue weighted by Crippen LogP contribution is -2.28. The van der Waals surface area contributed by atoms with Crippen LogP contribution in [0.2, 0.25) is 0 Å². The quantitative estimate of drug-likeness (QED) is 0.644. The summed E-state index contributed by atoms with van der Waals surface area (Å²) in [5.41, 5.74) is 0.251. The first kappa shape index (κ1) is 8.42. The third-order valence-electron chi connectivity index (χ3n) is 3.36. The largest absolute Gasteiger partial charge is 0.308 e. The molecule has 1 aliphatic carbocycles. The Morgan fingerprint density at radius 2 is 1.92 bits per heavy atom. The summed E-state index contributed by atoms with van der Waals surface area (Å²) in [6.07, 6.45) is 3.30. The van der Waals surface area contributed by atoms with Gasteiger partial charge >= 0.3 is 0 Å². The van der Waals surface area contributed by atoms with Gasteiger partial charge in [-0.2, -0.15) is 0 Å². The van der Waals surface area contributed by atoms with E-state index in [9.17, 15) is 8.78 Å². The standard InChI is InChI=1S/C9H15F2N/c10-8(11)7-5-9(6-12-7)3-1-2-4-9/h7-8,12H,1-6H2. The summed E-state index contributed by atoms with van der Waals surface area (Å²) in [5, 5.41) is 2.94. The van der Waals surface area contributed by atoms with E-state index in [1.165, 1.54) is 12.8 Å². The molecule has 12 heavy (non-hydrogen) atoms. The van der Waals surface area contributed by atoms with Crippen LogP contribution in [-0.2, 0) is 0 Å². The van der Waals surface area contributed by atoms with Crippen LogP contribution in [0.15, 0.2) is 0 Å². The molecule has 1 saturated heterocycles. The highest BCUT2D eigenvalue weighted by atomic mass is 19.3. The Kier molecular flexibility index (Phi) is 2.07. The molecule has 3 heteroatoms. The van der Waals surface area contributed by atoms with Gasteiger partial charge in [-0.25, -0.2) is 8.78 Å². The minimum absolute atomic E-state index is 0.251. The molecule has 0 amide bonds. The fourth-order valence-electron chi connectivity index (χ4n) is 2.64. The summed E-state index contributed by atoms with van der Waals surface area (Å²) in [6.45, 7) is 0.821. The lowest BCUT2D eigenvalue weighted by Gasteiger charge is -2.20. The molecule has 0 bridgehead atoms. The van der Waals surface area contributed by atoms with E-state index in [4.69, 9.17) is 0 Å². The molecule has 1 N–H and O–H groups in total. The predicted octanol–water partition coefficient (Wildman–Crippen LogP) is 2.17. The molecule has 1 saturated carbocycles. The van der Waals surface area contributed by atoms with Crippen molar-refractivity contribution in [3.8, 4) is 0 Å². The fraction of sp³-hybridized carbons (Fsp3) is 1.00. The minimum atomic E-state index is -2.18. The first-order chi connectivity index (χ1) is 5.72. The maximum absolute atomic E-state index is 12.3. The molecular formula is C9H15F2N. The number of hydrogen-bond donors (Lipinski definition) is 1. The Hall–Kier alpha value is -0.180. The van der Waals surface area contributed by atoms with Gasteiger partial charge in [0.25, 0.3) is 6.43 Å². The SMILES string of the molecule is FC(F)C1CC2(CCCC2)CN1. The Labute approximate surface area is 71.5 Å². The van der Waals surface area contributed by atoms with Gasteiger partial charge in [-0.05, 0) is 24.7 Å². The molecule has 0 radical (unpaired) electrons. The maximum Gasteiger partial charge on any atom is 0.253 e. The molecule has 0 aromatic carbocycles. The summed E-state index contributed by atoms with van der Waals surface area (Å²) < 4.78 is 24.6. The van der Waals surface area contributed by atoms with E-state index in [2.05, 4.69) is 5.32 Å². The molecule has 0 aromatic heterocycles. The molecule has 2 rings (SSSR count). The van der Waals surface area contributed by atoms with Crippen LogP contribution < -0.4 is 5.32 Å².